The van der Waals surface area contributed by atoms with Gasteiger partial charge in [-0.25, -0.2) is 0 Å². The number of H-pyrrole nitrogens is 1. The summed E-state index contributed by atoms with van der Waals surface area (Å²) in [6.07, 6.45) is 3.76. The number of carboxylic acids is 1. The Kier molecular flexibility index (Phi) is 8.17. The molecule has 4 rings (SSSR count). The van der Waals surface area contributed by atoms with Crippen molar-refractivity contribution in [1.29, 1.82) is 0 Å². The van der Waals surface area contributed by atoms with Gasteiger partial charge in [-0.3, -0.25) is 19.1 Å². The number of nitrogens with one attached hydrogen (secondary N) is 2. The third kappa shape index (κ3) is 5.66. The number of carbonyl (C=O) groups is 3. The lowest BCUT2D eigenvalue weighted by molar-refractivity contribution is -0.137. The Hall–Kier alpha value is -3.08. The van der Waals surface area contributed by atoms with Gasteiger partial charge in [-0.15, -0.1) is 0 Å². The largest absolute Gasteiger partial charge is 0.481 e. The first-order chi connectivity index (χ1) is 17.3. The Morgan fingerprint density at radius 1 is 1.19 bits per heavy atom. The number of fused-ring (bicyclic) bond motifs is 3. The number of aliphatic carboxylic acids is 1. The molecule has 3 aromatic rings. The van der Waals surface area contributed by atoms with Crippen molar-refractivity contribution in [2.75, 3.05) is 19.7 Å². The topological polar surface area (TPSA) is 141 Å². The number of carbonyl (C=O) groups excluding carboxylic acids is 2. The maximum atomic E-state index is 12.1. The summed E-state index contributed by atoms with van der Waals surface area (Å²) in [6.45, 7) is 1.14. The van der Waals surface area contributed by atoms with Crippen LogP contribution in [0.5, 0.6) is 0 Å². The van der Waals surface area contributed by atoms with Crippen molar-refractivity contribution in [2.45, 2.75) is 45.2 Å². The van der Waals surface area contributed by atoms with Gasteiger partial charge in [0.25, 0.3) is 0 Å². The average molecular weight is 536 g/mol. The molecule has 1 aromatic carbocycles. The molecule has 4 N–H and O–H groups in total. The zero-order chi connectivity index (χ0) is 25.8. The standard InChI is InChI=1S/C24H27Cl2N5O5/c25-16-11-14(18-6-9-31(29-18)10-7-27-19(33)3-1-2-4-21(35)36)22-15-12-30(20(34)13-32)8-5-17(15)28-24(22)23(16)26/h6,9,11,28,32H,1-5,7-8,10,12-13H2,(H,27,33)(H,35,36). The fourth-order valence-electron chi connectivity index (χ4n) is 4.44. The van der Waals surface area contributed by atoms with Crippen molar-refractivity contribution < 1.29 is 24.6 Å². The molecule has 0 unspecified atom stereocenters. The summed E-state index contributed by atoms with van der Waals surface area (Å²) in [5.74, 6) is -1.31. The van der Waals surface area contributed by atoms with E-state index in [2.05, 4.69) is 15.4 Å². The van der Waals surface area contributed by atoms with Crippen LogP contribution in [0.4, 0.5) is 0 Å². The number of aliphatic hydroxyl groups is 1. The van der Waals surface area contributed by atoms with Crippen LogP contribution in [-0.4, -0.2) is 67.4 Å². The first kappa shape index (κ1) is 26.0. The van der Waals surface area contributed by atoms with E-state index in [9.17, 15) is 19.5 Å². The molecule has 0 saturated carbocycles. The summed E-state index contributed by atoms with van der Waals surface area (Å²) in [4.78, 5) is 39.6. The van der Waals surface area contributed by atoms with Crippen molar-refractivity contribution in [3.05, 3.63) is 39.6 Å². The molecule has 0 saturated heterocycles. The van der Waals surface area contributed by atoms with Crippen LogP contribution in [-0.2, 0) is 33.9 Å². The Morgan fingerprint density at radius 3 is 2.72 bits per heavy atom. The predicted molar refractivity (Wildman–Crippen MR) is 135 cm³/mol. The van der Waals surface area contributed by atoms with E-state index in [-0.39, 0.29) is 24.7 Å². The van der Waals surface area contributed by atoms with Gasteiger partial charge in [0.2, 0.25) is 11.8 Å². The molecule has 1 aliphatic heterocycles. The number of rotatable bonds is 10. The predicted octanol–water partition coefficient (Wildman–Crippen LogP) is 2.98. The number of benzene rings is 1. The number of amides is 2. The van der Waals surface area contributed by atoms with Gasteiger partial charge in [0.1, 0.15) is 6.61 Å². The first-order valence-electron chi connectivity index (χ1n) is 11.7. The van der Waals surface area contributed by atoms with E-state index in [4.69, 9.17) is 28.3 Å². The lowest BCUT2D eigenvalue weighted by Gasteiger charge is -2.26. The van der Waals surface area contributed by atoms with Crippen LogP contribution in [0.3, 0.4) is 0 Å². The van der Waals surface area contributed by atoms with E-state index in [0.29, 0.717) is 66.7 Å². The Bertz CT molecular complexity index is 1300. The summed E-state index contributed by atoms with van der Waals surface area (Å²) in [5.41, 5.74) is 4.04. The zero-order valence-electron chi connectivity index (χ0n) is 19.5. The van der Waals surface area contributed by atoms with Gasteiger partial charge in [-0.05, 0) is 25.0 Å². The molecule has 0 radical (unpaired) electrons. The molecular formula is C24H27Cl2N5O5. The average Bonchev–Trinajstić information content (AvgIpc) is 3.48. The van der Waals surface area contributed by atoms with Gasteiger partial charge in [0.15, 0.2) is 0 Å². The van der Waals surface area contributed by atoms with Crippen LogP contribution in [0, 0.1) is 0 Å². The number of halogens is 2. The fraction of sp³-hybridized carbons (Fsp3) is 0.417. The van der Waals surface area contributed by atoms with E-state index in [0.717, 1.165) is 22.2 Å². The highest BCUT2D eigenvalue weighted by atomic mass is 35.5. The van der Waals surface area contributed by atoms with Gasteiger partial charge in [-0.1, -0.05) is 23.2 Å². The Morgan fingerprint density at radius 2 is 1.97 bits per heavy atom. The lowest BCUT2D eigenvalue weighted by atomic mass is 9.99. The lowest BCUT2D eigenvalue weighted by Crippen LogP contribution is -2.37. The minimum absolute atomic E-state index is 0.0610. The van der Waals surface area contributed by atoms with Crippen molar-refractivity contribution >= 4 is 51.9 Å². The monoisotopic (exact) mass is 535 g/mol. The van der Waals surface area contributed by atoms with E-state index in [1.807, 2.05) is 12.3 Å². The van der Waals surface area contributed by atoms with Crippen molar-refractivity contribution in [3.63, 3.8) is 0 Å². The molecule has 2 aromatic heterocycles. The van der Waals surface area contributed by atoms with E-state index < -0.39 is 12.6 Å². The minimum atomic E-state index is -0.861. The highest BCUT2D eigenvalue weighted by Crippen LogP contribution is 2.41. The van der Waals surface area contributed by atoms with Crippen molar-refractivity contribution in [3.8, 4) is 11.3 Å². The normalized spacial score (nSPS) is 13.1. The number of aromatic nitrogens is 3. The quantitative estimate of drug-likeness (QED) is 0.294. The number of aromatic amines is 1. The molecule has 1 aliphatic rings. The smallest absolute Gasteiger partial charge is 0.303 e. The highest BCUT2D eigenvalue weighted by molar-refractivity contribution is 6.45. The van der Waals surface area contributed by atoms with Gasteiger partial charge >= 0.3 is 5.97 Å². The molecule has 0 fully saturated rings. The third-order valence-electron chi connectivity index (χ3n) is 6.25. The zero-order valence-corrected chi connectivity index (χ0v) is 21.0. The van der Waals surface area contributed by atoms with Crippen LogP contribution in [0.1, 0.15) is 36.9 Å². The molecule has 12 heteroatoms. The molecule has 0 aliphatic carbocycles. The van der Waals surface area contributed by atoms with Gasteiger partial charge in [0.05, 0.1) is 27.8 Å². The molecule has 10 nitrogen and oxygen atoms in total. The molecule has 192 valence electrons. The van der Waals surface area contributed by atoms with Crippen LogP contribution in [0.15, 0.2) is 18.3 Å². The second-order valence-corrected chi connectivity index (χ2v) is 9.48. The van der Waals surface area contributed by atoms with E-state index >= 15 is 0 Å². The summed E-state index contributed by atoms with van der Waals surface area (Å²) in [5, 5.41) is 27.1. The molecule has 2 amide bonds. The maximum Gasteiger partial charge on any atom is 0.303 e. The summed E-state index contributed by atoms with van der Waals surface area (Å²) in [6, 6.07) is 3.62. The van der Waals surface area contributed by atoms with Crippen LogP contribution in [0.25, 0.3) is 22.2 Å². The number of aliphatic hydroxyl groups excluding tert-OH is 1. The van der Waals surface area contributed by atoms with Crippen LogP contribution in [0.2, 0.25) is 10.0 Å². The molecule has 36 heavy (non-hydrogen) atoms. The first-order valence-corrected chi connectivity index (χ1v) is 12.5. The summed E-state index contributed by atoms with van der Waals surface area (Å²) < 4.78 is 1.72. The second kappa shape index (κ2) is 11.3. The molecule has 0 spiro atoms. The van der Waals surface area contributed by atoms with Crippen molar-refractivity contribution in [2.24, 2.45) is 0 Å². The Labute approximate surface area is 217 Å². The van der Waals surface area contributed by atoms with Crippen molar-refractivity contribution in [1.82, 2.24) is 25.0 Å². The number of hydrogen-bond acceptors (Lipinski definition) is 5. The SMILES string of the molecule is O=C(O)CCCCC(=O)NCCn1ccc(-c2cc(Cl)c(Cl)c3[nH]c4c(c23)CN(C(=O)CO)CC4)n1. The van der Waals surface area contributed by atoms with Crippen LogP contribution >= 0.6 is 23.2 Å². The molecule has 3 heterocycles. The summed E-state index contributed by atoms with van der Waals surface area (Å²) >= 11 is 13.0. The fourth-order valence-corrected chi connectivity index (χ4v) is 4.84. The summed E-state index contributed by atoms with van der Waals surface area (Å²) in [7, 11) is 0. The van der Waals surface area contributed by atoms with Gasteiger partial charge < -0.3 is 25.4 Å². The second-order valence-electron chi connectivity index (χ2n) is 8.69. The minimum Gasteiger partial charge on any atom is -0.481 e. The van der Waals surface area contributed by atoms with Gasteiger partial charge in [-0.2, -0.15) is 5.10 Å². The van der Waals surface area contributed by atoms with E-state index in [1.165, 1.54) is 0 Å². The Balaban J connectivity index is 1.49. The van der Waals surface area contributed by atoms with Gasteiger partial charge in [0, 0.05) is 67.3 Å². The number of carboxylic acid groups (broad SMARTS) is 1. The third-order valence-corrected chi connectivity index (χ3v) is 7.04. The van der Waals surface area contributed by atoms with E-state index in [1.54, 1.807) is 15.6 Å². The number of unbranched alkanes of at least 4 members (excludes halogenated alkanes) is 1. The molecular weight excluding hydrogens is 509 g/mol. The molecule has 0 atom stereocenters. The number of hydrogen-bond donors (Lipinski definition) is 4. The van der Waals surface area contributed by atoms with Crippen LogP contribution < -0.4 is 5.32 Å². The highest BCUT2D eigenvalue weighted by Gasteiger charge is 2.27. The molecule has 0 bridgehead atoms. The maximum absolute atomic E-state index is 12.1. The number of nitrogens with zero attached hydrogens (tertiary/aromatic N) is 3.